The van der Waals surface area contributed by atoms with E-state index in [9.17, 15) is 18.8 Å². The summed E-state index contributed by atoms with van der Waals surface area (Å²) in [5.41, 5.74) is 5.88. The van der Waals surface area contributed by atoms with Gasteiger partial charge in [0.1, 0.15) is 5.82 Å². The Bertz CT molecular complexity index is 965. The number of hydrogen-bond donors (Lipinski definition) is 2. The number of para-hydroxylation sites is 1. The Hall–Kier alpha value is -3.36. The van der Waals surface area contributed by atoms with Gasteiger partial charge in [-0.25, -0.2) is 14.4 Å². The summed E-state index contributed by atoms with van der Waals surface area (Å²) < 4.78 is 13.8. The molecule has 1 aliphatic rings. The quantitative estimate of drug-likeness (QED) is 0.754. The van der Waals surface area contributed by atoms with Crippen LogP contribution in [-0.2, 0) is 9.59 Å². The second-order valence-corrected chi connectivity index (χ2v) is 7.23. The third-order valence-corrected chi connectivity index (χ3v) is 5.07. The molecule has 0 aliphatic carbocycles. The number of nitrogens with one attached hydrogen (secondary N) is 1. The highest BCUT2D eigenvalue weighted by Gasteiger charge is 2.30. The Morgan fingerprint density at radius 2 is 2.00 bits per heavy atom. The summed E-state index contributed by atoms with van der Waals surface area (Å²) in [7, 11) is 0. The lowest BCUT2D eigenvalue weighted by Gasteiger charge is -2.35. The van der Waals surface area contributed by atoms with E-state index in [-0.39, 0.29) is 36.0 Å². The van der Waals surface area contributed by atoms with Crippen molar-refractivity contribution in [2.75, 3.05) is 11.9 Å². The first-order valence-electron chi connectivity index (χ1n) is 9.84. The molecule has 1 atom stereocenters. The molecule has 0 bridgehead atoms. The predicted molar refractivity (Wildman–Crippen MR) is 108 cm³/mol. The highest BCUT2D eigenvalue weighted by molar-refractivity contribution is 6.04. The van der Waals surface area contributed by atoms with Crippen LogP contribution in [0.15, 0.2) is 30.5 Å². The number of primary amides is 1. The van der Waals surface area contributed by atoms with Crippen LogP contribution in [0, 0.1) is 12.7 Å². The van der Waals surface area contributed by atoms with Crippen LogP contribution in [0.5, 0.6) is 0 Å². The van der Waals surface area contributed by atoms with E-state index >= 15 is 0 Å². The van der Waals surface area contributed by atoms with Gasteiger partial charge >= 0.3 is 0 Å². The van der Waals surface area contributed by atoms with E-state index in [2.05, 4.69) is 15.3 Å². The molecule has 1 saturated heterocycles. The molecule has 1 aromatic heterocycles. The number of benzene rings is 1. The van der Waals surface area contributed by atoms with Gasteiger partial charge in [-0.05, 0) is 38.3 Å². The number of aromatic nitrogens is 2. The molecule has 1 fully saturated rings. The van der Waals surface area contributed by atoms with Crippen molar-refractivity contribution in [2.24, 2.45) is 5.73 Å². The molecule has 0 spiro atoms. The van der Waals surface area contributed by atoms with Crippen LogP contribution >= 0.6 is 0 Å². The molecule has 8 nitrogen and oxygen atoms in total. The molecule has 30 heavy (non-hydrogen) atoms. The van der Waals surface area contributed by atoms with Crippen LogP contribution in [0.2, 0.25) is 0 Å². The molecule has 3 amide bonds. The molecule has 2 heterocycles. The normalized spacial score (nSPS) is 16.2. The number of halogens is 1. The summed E-state index contributed by atoms with van der Waals surface area (Å²) in [6.45, 7) is 2.23. The number of carbonyl (C=O) groups excluding carboxylic acids is 3. The van der Waals surface area contributed by atoms with Crippen LogP contribution in [0.4, 0.5) is 10.1 Å². The molecule has 2 aromatic rings. The van der Waals surface area contributed by atoms with E-state index in [0.29, 0.717) is 24.5 Å². The van der Waals surface area contributed by atoms with Gasteiger partial charge in [0.2, 0.25) is 11.8 Å². The smallest absolute Gasteiger partial charge is 0.259 e. The molecule has 0 unspecified atom stereocenters. The van der Waals surface area contributed by atoms with Crippen LogP contribution in [0.25, 0.3) is 0 Å². The molecule has 3 rings (SSSR count). The van der Waals surface area contributed by atoms with Crippen LogP contribution < -0.4 is 11.1 Å². The van der Waals surface area contributed by atoms with Gasteiger partial charge in [-0.15, -0.1) is 0 Å². The summed E-state index contributed by atoms with van der Waals surface area (Å²) in [6.07, 6.45) is 3.92. The summed E-state index contributed by atoms with van der Waals surface area (Å²) >= 11 is 0. The van der Waals surface area contributed by atoms with Crippen LogP contribution in [0.3, 0.4) is 0 Å². The van der Waals surface area contributed by atoms with Crippen molar-refractivity contribution in [3.63, 3.8) is 0 Å². The minimum absolute atomic E-state index is 0.00288. The monoisotopic (exact) mass is 413 g/mol. The largest absolute Gasteiger partial charge is 0.370 e. The van der Waals surface area contributed by atoms with Gasteiger partial charge in [-0.2, -0.15) is 0 Å². The molecule has 0 saturated carbocycles. The Labute approximate surface area is 173 Å². The minimum atomic E-state index is -0.534. The van der Waals surface area contributed by atoms with E-state index in [1.807, 2.05) is 0 Å². The van der Waals surface area contributed by atoms with Gasteiger partial charge in [0.15, 0.2) is 5.82 Å². The van der Waals surface area contributed by atoms with Gasteiger partial charge in [-0.3, -0.25) is 14.4 Å². The lowest BCUT2D eigenvalue weighted by atomic mass is 10.00. The summed E-state index contributed by atoms with van der Waals surface area (Å²) in [4.78, 5) is 46.5. The average Bonchev–Trinajstić information content (AvgIpc) is 2.73. The lowest BCUT2D eigenvalue weighted by Crippen LogP contribution is -2.39. The van der Waals surface area contributed by atoms with Crippen molar-refractivity contribution in [2.45, 2.75) is 45.1 Å². The highest BCUT2D eigenvalue weighted by atomic mass is 19.1. The first-order valence-corrected chi connectivity index (χ1v) is 9.84. The zero-order chi connectivity index (χ0) is 21.7. The van der Waals surface area contributed by atoms with E-state index in [1.54, 1.807) is 17.9 Å². The third-order valence-electron chi connectivity index (χ3n) is 5.07. The van der Waals surface area contributed by atoms with Crippen molar-refractivity contribution < 1.29 is 18.8 Å². The number of aryl methyl sites for hydroxylation is 1. The standard InChI is InChI=1S/C21H24FN5O3/c1-13-14(21(30)26-16-7-3-2-6-15(16)22)12-24-20(25-13)17-8-4-5-11-27(17)19(29)10-9-18(23)28/h2-3,6-7,12,17H,4-5,8-11H2,1H3,(H2,23,28)(H,26,30)/t17-/m1/s1. The van der Waals surface area contributed by atoms with E-state index in [4.69, 9.17) is 5.73 Å². The zero-order valence-corrected chi connectivity index (χ0v) is 16.7. The van der Waals surface area contributed by atoms with Crippen molar-refractivity contribution in [3.8, 4) is 0 Å². The van der Waals surface area contributed by atoms with Crippen LogP contribution in [0.1, 0.15) is 60.0 Å². The Morgan fingerprint density at radius 3 is 2.70 bits per heavy atom. The van der Waals surface area contributed by atoms with E-state index < -0.39 is 17.6 Å². The van der Waals surface area contributed by atoms with Crippen LogP contribution in [-0.4, -0.2) is 39.1 Å². The Morgan fingerprint density at radius 1 is 1.23 bits per heavy atom. The van der Waals surface area contributed by atoms with Gasteiger partial charge < -0.3 is 16.0 Å². The molecule has 9 heteroatoms. The fourth-order valence-corrected chi connectivity index (χ4v) is 3.49. The van der Waals surface area contributed by atoms with E-state index in [1.165, 1.54) is 24.4 Å². The molecular weight excluding hydrogens is 389 g/mol. The van der Waals surface area contributed by atoms with Gasteiger partial charge in [0.25, 0.3) is 5.91 Å². The number of likely N-dealkylation sites (tertiary alicyclic amines) is 1. The van der Waals surface area contributed by atoms with Gasteiger partial charge in [0, 0.05) is 25.6 Å². The first kappa shape index (κ1) is 21.4. The number of anilines is 1. The second-order valence-electron chi connectivity index (χ2n) is 7.23. The van der Waals surface area contributed by atoms with Gasteiger partial charge in [0.05, 0.1) is 23.0 Å². The number of carbonyl (C=O) groups is 3. The van der Waals surface area contributed by atoms with E-state index in [0.717, 1.165) is 12.8 Å². The van der Waals surface area contributed by atoms with Gasteiger partial charge in [-0.1, -0.05) is 12.1 Å². The second kappa shape index (κ2) is 9.43. The van der Waals surface area contributed by atoms with Crippen molar-refractivity contribution >= 4 is 23.4 Å². The predicted octanol–water partition coefficient (Wildman–Crippen LogP) is 2.50. The number of nitrogens with two attached hydrogens (primary N) is 1. The number of hydrogen-bond acceptors (Lipinski definition) is 5. The Balaban J connectivity index is 1.77. The maximum atomic E-state index is 13.8. The van der Waals surface area contributed by atoms with Crippen molar-refractivity contribution in [3.05, 3.63) is 53.4 Å². The first-order chi connectivity index (χ1) is 14.4. The maximum absolute atomic E-state index is 13.8. The highest BCUT2D eigenvalue weighted by Crippen LogP contribution is 2.30. The molecule has 3 N–H and O–H groups in total. The number of nitrogens with zero attached hydrogens (tertiary/aromatic N) is 3. The number of piperidine rings is 1. The summed E-state index contributed by atoms with van der Waals surface area (Å²) in [5, 5.41) is 2.52. The third kappa shape index (κ3) is 4.97. The number of rotatable bonds is 6. The molecule has 158 valence electrons. The fourth-order valence-electron chi connectivity index (χ4n) is 3.49. The lowest BCUT2D eigenvalue weighted by molar-refractivity contribution is -0.136. The minimum Gasteiger partial charge on any atom is -0.370 e. The topological polar surface area (TPSA) is 118 Å². The number of amides is 3. The van der Waals surface area contributed by atoms with Crippen molar-refractivity contribution in [1.29, 1.82) is 0 Å². The molecule has 0 radical (unpaired) electrons. The Kier molecular flexibility index (Phi) is 6.71. The average molecular weight is 413 g/mol. The molecular formula is C21H24FN5O3. The fraction of sp³-hybridized carbons (Fsp3) is 0.381. The molecule has 1 aliphatic heterocycles. The zero-order valence-electron chi connectivity index (χ0n) is 16.7. The summed E-state index contributed by atoms with van der Waals surface area (Å²) in [5.74, 6) is -1.28. The molecule has 1 aromatic carbocycles. The van der Waals surface area contributed by atoms with Crippen molar-refractivity contribution in [1.82, 2.24) is 14.9 Å². The SMILES string of the molecule is Cc1nc([C@H]2CCCCN2C(=O)CCC(N)=O)ncc1C(=O)Nc1ccccc1F. The summed E-state index contributed by atoms with van der Waals surface area (Å²) in [6, 6.07) is 5.57. The maximum Gasteiger partial charge on any atom is 0.259 e.